The molecule has 0 heterocycles. The van der Waals surface area contributed by atoms with Crippen molar-refractivity contribution in [2.24, 2.45) is 0 Å². The number of carbonyl (C=O) groups is 1. The Labute approximate surface area is 122 Å². The Hall–Kier alpha value is -1.00. The van der Waals surface area contributed by atoms with Gasteiger partial charge in [-0.25, -0.2) is 0 Å². The molecule has 0 N–H and O–H groups in total. The number of nitrogens with zero attached hydrogens (tertiary/aromatic N) is 2. The summed E-state index contributed by atoms with van der Waals surface area (Å²) in [4.78, 5) is 13.2. The molecule has 0 radical (unpaired) electrons. The molecule has 0 bridgehead atoms. The lowest BCUT2D eigenvalue weighted by Gasteiger charge is -2.30. The number of rotatable bonds is 8. The highest BCUT2D eigenvalue weighted by molar-refractivity contribution is 7.80. The van der Waals surface area contributed by atoms with Gasteiger partial charge in [0.15, 0.2) is 6.29 Å². The molecule has 0 aliphatic heterocycles. The highest BCUT2D eigenvalue weighted by Gasteiger charge is 2.14. The molecule has 0 aliphatic rings. The van der Waals surface area contributed by atoms with Crippen LogP contribution in [0.3, 0.4) is 0 Å². The Morgan fingerprint density at radius 3 is 2.58 bits per heavy atom. The zero-order valence-electron chi connectivity index (χ0n) is 12.2. The smallest absolute Gasteiger partial charge is 0.152 e. The SMILES string of the molecule is CN(CCC[N+](C)(C)CCS)c1ccccc1C=O. The number of carbonyl (C=O) groups excluding carboxylic acids is 1. The molecule has 0 atom stereocenters. The molecule has 0 saturated heterocycles. The van der Waals surface area contributed by atoms with Crippen LogP contribution in [0.15, 0.2) is 24.3 Å². The van der Waals surface area contributed by atoms with E-state index in [1.807, 2.05) is 31.3 Å². The maximum absolute atomic E-state index is 11.0. The zero-order chi connectivity index (χ0) is 14.3. The molecular formula is C15H25N2OS+. The van der Waals surface area contributed by atoms with Crippen LogP contribution in [-0.2, 0) is 0 Å². The summed E-state index contributed by atoms with van der Waals surface area (Å²) < 4.78 is 0.993. The Morgan fingerprint density at radius 2 is 1.95 bits per heavy atom. The Morgan fingerprint density at radius 1 is 1.26 bits per heavy atom. The van der Waals surface area contributed by atoms with Crippen molar-refractivity contribution in [2.45, 2.75) is 6.42 Å². The fraction of sp³-hybridized carbons (Fsp3) is 0.533. The van der Waals surface area contributed by atoms with Gasteiger partial charge in [0, 0.05) is 37.0 Å². The molecule has 106 valence electrons. The Bertz CT molecular complexity index is 407. The van der Waals surface area contributed by atoms with E-state index in [4.69, 9.17) is 0 Å². The predicted octanol–water partition coefficient (Wildman–Crippen LogP) is 2.33. The third kappa shape index (κ3) is 5.25. The lowest BCUT2D eigenvalue weighted by Crippen LogP contribution is -2.43. The molecule has 0 unspecified atom stereocenters. The van der Waals surface area contributed by atoms with Crippen molar-refractivity contribution in [2.75, 3.05) is 51.4 Å². The van der Waals surface area contributed by atoms with Gasteiger partial charge in [0.05, 0.1) is 27.2 Å². The van der Waals surface area contributed by atoms with Gasteiger partial charge in [-0.3, -0.25) is 4.79 Å². The van der Waals surface area contributed by atoms with Crippen LogP contribution in [0.25, 0.3) is 0 Å². The van der Waals surface area contributed by atoms with Gasteiger partial charge in [-0.05, 0) is 12.1 Å². The summed E-state index contributed by atoms with van der Waals surface area (Å²) in [6.45, 7) is 3.16. The number of anilines is 1. The van der Waals surface area contributed by atoms with Crippen LogP contribution in [0.5, 0.6) is 0 Å². The molecule has 19 heavy (non-hydrogen) atoms. The highest BCUT2D eigenvalue weighted by atomic mass is 32.1. The normalized spacial score (nSPS) is 11.4. The van der Waals surface area contributed by atoms with Crippen LogP contribution in [0.1, 0.15) is 16.8 Å². The van der Waals surface area contributed by atoms with Crippen LogP contribution in [0, 0.1) is 0 Å². The number of quaternary nitrogens is 1. The molecule has 0 saturated carbocycles. The van der Waals surface area contributed by atoms with Gasteiger partial charge in [-0.15, -0.1) is 0 Å². The number of benzene rings is 1. The van der Waals surface area contributed by atoms with Crippen LogP contribution < -0.4 is 4.90 Å². The fourth-order valence-corrected chi connectivity index (χ4v) is 2.72. The van der Waals surface area contributed by atoms with E-state index in [2.05, 4.69) is 31.6 Å². The van der Waals surface area contributed by atoms with E-state index < -0.39 is 0 Å². The summed E-state index contributed by atoms with van der Waals surface area (Å²) in [5, 5.41) is 0. The van der Waals surface area contributed by atoms with E-state index in [0.29, 0.717) is 0 Å². The van der Waals surface area contributed by atoms with Gasteiger partial charge in [-0.1, -0.05) is 12.1 Å². The van der Waals surface area contributed by atoms with Crippen molar-refractivity contribution in [3.63, 3.8) is 0 Å². The van der Waals surface area contributed by atoms with E-state index >= 15 is 0 Å². The molecule has 3 nitrogen and oxygen atoms in total. The minimum absolute atomic E-state index is 0.758. The number of thiol groups is 1. The van der Waals surface area contributed by atoms with Gasteiger partial charge in [0.2, 0.25) is 0 Å². The van der Waals surface area contributed by atoms with Crippen molar-refractivity contribution >= 4 is 24.6 Å². The second-order valence-corrected chi connectivity index (χ2v) is 6.01. The van der Waals surface area contributed by atoms with Crippen molar-refractivity contribution < 1.29 is 9.28 Å². The largest absolute Gasteiger partial charge is 0.374 e. The first-order valence-corrected chi connectivity index (χ1v) is 7.31. The Kier molecular flexibility index (Phi) is 6.38. The molecule has 1 rings (SSSR count). The number of hydrogen-bond donors (Lipinski definition) is 1. The van der Waals surface area contributed by atoms with Crippen LogP contribution in [0.2, 0.25) is 0 Å². The first kappa shape index (κ1) is 16.1. The maximum Gasteiger partial charge on any atom is 0.152 e. The van der Waals surface area contributed by atoms with Gasteiger partial charge < -0.3 is 9.38 Å². The van der Waals surface area contributed by atoms with Gasteiger partial charge in [0.1, 0.15) is 0 Å². The monoisotopic (exact) mass is 281 g/mol. The third-order valence-electron chi connectivity index (χ3n) is 3.44. The molecule has 0 amide bonds. The van der Waals surface area contributed by atoms with E-state index in [0.717, 1.165) is 53.8 Å². The summed E-state index contributed by atoms with van der Waals surface area (Å²) in [6.07, 6.45) is 2.03. The average Bonchev–Trinajstić information content (AvgIpc) is 2.38. The fourth-order valence-electron chi connectivity index (χ4n) is 2.17. The number of aldehydes is 1. The Balaban J connectivity index is 2.51. The van der Waals surface area contributed by atoms with E-state index in [1.54, 1.807) is 0 Å². The summed E-state index contributed by atoms with van der Waals surface area (Å²) in [7, 11) is 6.51. The second kappa shape index (κ2) is 7.56. The summed E-state index contributed by atoms with van der Waals surface area (Å²) in [6, 6.07) is 7.73. The maximum atomic E-state index is 11.0. The highest BCUT2D eigenvalue weighted by Crippen LogP contribution is 2.17. The minimum atomic E-state index is 0.758. The average molecular weight is 281 g/mol. The molecule has 0 fully saturated rings. The molecule has 0 spiro atoms. The van der Waals surface area contributed by atoms with Crippen LogP contribution >= 0.6 is 12.6 Å². The third-order valence-corrected chi connectivity index (χ3v) is 3.64. The van der Waals surface area contributed by atoms with Crippen LogP contribution in [0.4, 0.5) is 5.69 Å². The molecule has 1 aromatic rings. The number of para-hydroxylation sites is 1. The van der Waals surface area contributed by atoms with Crippen molar-refractivity contribution in [3.8, 4) is 0 Å². The van der Waals surface area contributed by atoms with Crippen LogP contribution in [-0.4, -0.2) is 57.3 Å². The quantitative estimate of drug-likeness (QED) is 0.448. The van der Waals surface area contributed by atoms with E-state index in [9.17, 15) is 4.79 Å². The zero-order valence-corrected chi connectivity index (χ0v) is 13.1. The number of hydrogen-bond acceptors (Lipinski definition) is 3. The summed E-state index contributed by atoms with van der Waals surface area (Å²) in [5.41, 5.74) is 1.77. The van der Waals surface area contributed by atoms with E-state index in [1.165, 1.54) is 0 Å². The predicted molar refractivity (Wildman–Crippen MR) is 85.4 cm³/mol. The van der Waals surface area contributed by atoms with Crippen molar-refractivity contribution in [1.29, 1.82) is 0 Å². The molecule has 4 heteroatoms. The molecule has 0 aromatic heterocycles. The second-order valence-electron chi connectivity index (χ2n) is 5.56. The standard InChI is InChI=1S/C15H24N2OS/c1-16(9-6-10-17(2,3)11-12-19)15-8-5-4-7-14(15)13-18/h4-5,7-8,13H,6,9-12H2,1-3H3/p+1. The first-order chi connectivity index (χ1) is 9.00. The van der Waals surface area contributed by atoms with Gasteiger partial charge in [0.25, 0.3) is 0 Å². The summed E-state index contributed by atoms with van der Waals surface area (Å²) >= 11 is 4.30. The first-order valence-electron chi connectivity index (χ1n) is 6.68. The summed E-state index contributed by atoms with van der Waals surface area (Å²) in [5.74, 6) is 0.914. The molecule has 0 aliphatic carbocycles. The molecular weight excluding hydrogens is 256 g/mol. The van der Waals surface area contributed by atoms with Crippen molar-refractivity contribution in [3.05, 3.63) is 29.8 Å². The van der Waals surface area contributed by atoms with Gasteiger partial charge in [-0.2, -0.15) is 12.6 Å². The minimum Gasteiger partial charge on any atom is -0.374 e. The lowest BCUT2D eigenvalue weighted by atomic mass is 10.2. The lowest BCUT2D eigenvalue weighted by molar-refractivity contribution is -0.887. The molecule has 1 aromatic carbocycles. The van der Waals surface area contributed by atoms with Crippen molar-refractivity contribution in [1.82, 2.24) is 0 Å². The van der Waals surface area contributed by atoms with E-state index in [-0.39, 0.29) is 0 Å². The topological polar surface area (TPSA) is 20.3 Å². The van der Waals surface area contributed by atoms with Gasteiger partial charge >= 0.3 is 0 Å².